The summed E-state index contributed by atoms with van der Waals surface area (Å²) in [6.07, 6.45) is 4.50. The van der Waals surface area contributed by atoms with E-state index in [2.05, 4.69) is 27.6 Å². The van der Waals surface area contributed by atoms with Crippen molar-refractivity contribution >= 4 is 26.0 Å². The van der Waals surface area contributed by atoms with Crippen molar-refractivity contribution < 1.29 is 8.42 Å². The molecule has 3 nitrogen and oxygen atoms in total. The maximum absolute atomic E-state index is 12.2. The molecule has 1 aliphatic rings. The highest BCUT2D eigenvalue weighted by Crippen LogP contribution is 2.49. The molecule has 0 bridgehead atoms. The van der Waals surface area contributed by atoms with Crippen LogP contribution in [0.3, 0.4) is 0 Å². The Morgan fingerprint density at radius 2 is 2.05 bits per heavy atom. The minimum atomic E-state index is -3.38. The summed E-state index contributed by atoms with van der Waals surface area (Å²) >= 11 is 3.38. The predicted molar refractivity (Wildman–Crippen MR) is 80.6 cm³/mol. The lowest BCUT2D eigenvalue weighted by Gasteiger charge is -2.15. The fourth-order valence-corrected chi connectivity index (χ4v) is 3.83. The van der Waals surface area contributed by atoms with Crippen molar-refractivity contribution in [1.82, 2.24) is 4.72 Å². The van der Waals surface area contributed by atoms with Crippen LogP contribution in [0.25, 0.3) is 0 Å². The van der Waals surface area contributed by atoms with Gasteiger partial charge < -0.3 is 0 Å². The van der Waals surface area contributed by atoms with Crippen molar-refractivity contribution in [3.8, 4) is 0 Å². The number of rotatable bonds is 6. The molecule has 1 saturated carbocycles. The van der Waals surface area contributed by atoms with Crippen molar-refractivity contribution in [3.63, 3.8) is 0 Å². The Bertz CT molecular complexity index is 565. The summed E-state index contributed by atoms with van der Waals surface area (Å²) in [7, 11) is -3.38. The lowest BCUT2D eigenvalue weighted by molar-refractivity contribution is 0.449. The molecule has 1 aliphatic carbocycles. The van der Waals surface area contributed by atoms with Gasteiger partial charge in [0.15, 0.2) is 0 Å². The van der Waals surface area contributed by atoms with E-state index in [1.54, 1.807) is 18.2 Å². The summed E-state index contributed by atoms with van der Waals surface area (Å²) in [5.74, 6) is 0. The summed E-state index contributed by atoms with van der Waals surface area (Å²) < 4.78 is 28.2. The van der Waals surface area contributed by atoms with Crippen LogP contribution in [-0.2, 0) is 10.0 Å². The number of hydrogen-bond donors (Lipinski definition) is 1. The molecule has 0 heterocycles. The first-order valence-electron chi connectivity index (χ1n) is 6.64. The molecule has 2 rings (SSSR count). The van der Waals surface area contributed by atoms with Crippen LogP contribution in [0.5, 0.6) is 0 Å². The van der Waals surface area contributed by atoms with E-state index < -0.39 is 10.0 Å². The van der Waals surface area contributed by atoms with Gasteiger partial charge in [0.1, 0.15) is 0 Å². The first-order valence-corrected chi connectivity index (χ1v) is 8.92. The quantitative estimate of drug-likeness (QED) is 0.855. The average Bonchev–Trinajstić information content (AvgIpc) is 3.11. The van der Waals surface area contributed by atoms with Crippen LogP contribution < -0.4 is 4.72 Å². The van der Waals surface area contributed by atoms with Crippen molar-refractivity contribution in [2.75, 3.05) is 6.54 Å². The maximum atomic E-state index is 12.2. The van der Waals surface area contributed by atoms with E-state index in [9.17, 15) is 8.42 Å². The minimum absolute atomic E-state index is 0.228. The van der Waals surface area contributed by atoms with Crippen LogP contribution in [0.4, 0.5) is 0 Å². The number of benzene rings is 1. The second kappa shape index (κ2) is 5.54. The van der Waals surface area contributed by atoms with Crippen LogP contribution in [0.15, 0.2) is 27.6 Å². The maximum Gasteiger partial charge on any atom is 0.240 e. The van der Waals surface area contributed by atoms with Gasteiger partial charge in [0.25, 0.3) is 0 Å². The highest BCUT2D eigenvalue weighted by molar-refractivity contribution is 9.10. The van der Waals surface area contributed by atoms with Crippen molar-refractivity contribution in [2.45, 2.75) is 44.4 Å². The Kier molecular flexibility index (Phi) is 4.38. The van der Waals surface area contributed by atoms with E-state index in [4.69, 9.17) is 0 Å². The van der Waals surface area contributed by atoms with Gasteiger partial charge in [-0.05, 0) is 55.4 Å². The molecule has 5 heteroatoms. The molecule has 0 atom stereocenters. The summed E-state index contributed by atoms with van der Waals surface area (Å²) in [4.78, 5) is 0.348. The van der Waals surface area contributed by atoms with E-state index in [1.165, 1.54) is 0 Å². The second-order valence-electron chi connectivity index (χ2n) is 5.49. The highest BCUT2D eigenvalue weighted by Gasteiger charge is 2.42. The third kappa shape index (κ3) is 3.58. The Morgan fingerprint density at radius 1 is 1.37 bits per heavy atom. The second-order valence-corrected chi connectivity index (χ2v) is 8.11. The van der Waals surface area contributed by atoms with Crippen LogP contribution in [0, 0.1) is 12.3 Å². The van der Waals surface area contributed by atoms with Gasteiger partial charge in [0.05, 0.1) is 4.90 Å². The SMILES string of the molecule is CCCC1(CNS(=O)(=O)c2ccc(Br)c(C)c2)CC1. The molecule has 1 fully saturated rings. The van der Waals surface area contributed by atoms with Crippen molar-refractivity contribution in [3.05, 3.63) is 28.2 Å². The van der Waals surface area contributed by atoms with E-state index in [1.807, 2.05) is 6.92 Å². The molecule has 1 aromatic rings. The minimum Gasteiger partial charge on any atom is -0.211 e. The van der Waals surface area contributed by atoms with Gasteiger partial charge in [0, 0.05) is 11.0 Å². The van der Waals surface area contributed by atoms with Gasteiger partial charge in [-0.1, -0.05) is 29.3 Å². The molecular weight excluding hydrogens is 326 g/mol. The van der Waals surface area contributed by atoms with Gasteiger partial charge in [0.2, 0.25) is 10.0 Å². The van der Waals surface area contributed by atoms with Gasteiger partial charge in [-0.3, -0.25) is 0 Å². The summed E-state index contributed by atoms with van der Waals surface area (Å²) in [6, 6.07) is 5.12. The predicted octanol–water partition coefficient (Wildman–Crippen LogP) is 3.62. The largest absolute Gasteiger partial charge is 0.240 e. The van der Waals surface area contributed by atoms with Crippen LogP contribution in [0.2, 0.25) is 0 Å². The molecule has 0 aliphatic heterocycles. The van der Waals surface area contributed by atoms with Crippen molar-refractivity contribution in [2.24, 2.45) is 5.41 Å². The van der Waals surface area contributed by atoms with Gasteiger partial charge in [-0.25, -0.2) is 13.1 Å². The molecular formula is C14H20BrNO2S. The Balaban J connectivity index is 2.08. The summed E-state index contributed by atoms with van der Waals surface area (Å²) in [5.41, 5.74) is 1.16. The third-order valence-electron chi connectivity index (χ3n) is 3.81. The van der Waals surface area contributed by atoms with Crippen LogP contribution in [-0.4, -0.2) is 15.0 Å². The van der Waals surface area contributed by atoms with E-state index in [0.29, 0.717) is 11.4 Å². The van der Waals surface area contributed by atoms with E-state index in [0.717, 1.165) is 35.7 Å². The molecule has 1 aromatic carbocycles. The Morgan fingerprint density at radius 3 is 2.58 bits per heavy atom. The first-order chi connectivity index (χ1) is 8.88. The number of sulfonamides is 1. The van der Waals surface area contributed by atoms with Crippen LogP contribution in [0.1, 0.15) is 38.2 Å². The topological polar surface area (TPSA) is 46.2 Å². The fourth-order valence-electron chi connectivity index (χ4n) is 2.34. The molecule has 0 saturated heterocycles. The molecule has 19 heavy (non-hydrogen) atoms. The number of hydrogen-bond acceptors (Lipinski definition) is 2. The smallest absolute Gasteiger partial charge is 0.211 e. The van der Waals surface area contributed by atoms with Gasteiger partial charge in [-0.2, -0.15) is 0 Å². The zero-order chi connectivity index (χ0) is 14.1. The normalized spacial score (nSPS) is 17.4. The van der Waals surface area contributed by atoms with E-state index >= 15 is 0 Å². The third-order valence-corrected chi connectivity index (χ3v) is 6.10. The average molecular weight is 346 g/mol. The molecule has 106 valence electrons. The fraction of sp³-hybridized carbons (Fsp3) is 0.571. The first kappa shape index (κ1) is 15.0. The molecule has 0 amide bonds. The van der Waals surface area contributed by atoms with Gasteiger partial charge >= 0.3 is 0 Å². The zero-order valence-electron chi connectivity index (χ0n) is 11.4. The highest BCUT2D eigenvalue weighted by atomic mass is 79.9. The summed E-state index contributed by atoms with van der Waals surface area (Å²) in [6.45, 7) is 4.60. The molecule has 0 radical (unpaired) electrons. The van der Waals surface area contributed by atoms with E-state index in [-0.39, 0.29) is 5.41 Å². The Hall–Kier alpha value is -0.390. The standard InChI is InChI=1S/C14H20BrNO2S/c1-3-6-14(7-8-14)10-16-19(17,18)12-4-5-13(15)11(2)9-12/h4-5,9,16H,3,6-8,10H2,1-2H3. The lowest BCUT2D eigenvalue weighted by Crippen LogP contribution is -2.30. The zero-order valence-corrected chi connectivity index (χ0v) is 13.8. The Labute approximate surface area is 124 Å². The molecule has 0 spiro atoms. The summed E-state index contributed by atoms with van der Waals surface area (Å²) in [5, 5.41) is 0. The lowest BCUT2D eigenvalue weighted by atomic mass is 10.0. The van der Waals surface area contributed by atoms with Crippen LogP contribution >= 0.6 is 15.9 Å². The van der Waals surface area contributed by atoms with Gasteiger partial charge in [-0.15, -0.1) is 0 Å². The molecule has 0 unspecified atom stereocenters. The number of halogens is 1. The molecule has 0 aromatic heterocycles. The number of nitrogens with one attached hydrogen (secondary N) is 1. The number of aryl methyl sites for hydroxylation is 1. The molecule has 1 N–H and O–H groups in total. The monoisotopic (exact) mass is 345 g/mol. The van der Waals surface area contributed by atoms with Crippen molar-refractivity contribution in [1.29, 1.82) is 0 Å².